The highest BCUT2D eigenvalue weighted by Gasteiger charge is 2.33. The predicted molar refractivity (Wildman–Crippen MR) is 127 cm³/mol. The van der Waals surface area contributed by atoms with E-state index in [1.54, 1.807) is 24.7 Å². The second-order valence-corrected chi connectivity index (χ2v) is 8.87. The average molecular weight is 478 g/mol. The van der Waals surface area contributed by atoms with Crippen LogP contribution in [0.15, 0.2) is 42.9 Å². The third kappa shape index (κ3) is 4.87. The molecule has 1 N–H and O–H groups in total. The van der Waals surface area contributed by atoms with E-state index in [2.05, 4.69) is 25.2 Å². The number of morpholine rings is 1. The maximum Gasteiger partial charge on any atom is 0.242 e. The minimum Gasteiger partial charge on any atom is -0.487 e. The minimum absolute atomic E-state index is 0.138. The molecular formula is C26H28FN5O3. The van der Waals surface area contributed by atoms with Crippen molar-refractivity contribution in [1.82, 2.24) is 25.2 Å². The van der Waals surface area contributed by atoms with Crippen LogP contribution in [0.4, 0.5) is 4.39 Å². The summed E-state index contributed by atoms with van der Waals surface area (Å²) in [5.41, 5.74) is 4.23. The molecule has 35 heavy (non-hydrogen) atoms. The Bertz CT molecular complexity index is 1220. The van der Waals surface area contributed by atoms with Gasteiger partial charge in [-0.3, -0.25) is 19.7 Å². The van der Waals surface area contributed by atoms with Gasteiger partial charge >= 0.3 is 0 Å². The van der Waals surface area contributed by atoms with E-state index in [0.717, 1.165) is 17.0 Å². The molecule has 182 valence electrons. The summed E-state index contributed by atoms with van der Waals surface area (Å²) in [6.45, 7) is 6.46. The van der Waals surface area contributed by atoms with Gasteiger partial charge in [0.1, 0.15) is 23.7 Å². The second kappa shape index (κ2) is 10.1. The number of carbonyl (C=O) groups excluding carboxylic acids is 1. The lowest BCUT2D eigenvalue weighted by Gasteiger charge is -2.33. The van der Waals surface area contributed by atoms with Crippen molar-refractivity contribution >= 4 is 5.91 Å². The van der Waals surface area contributed by atoms with Gasteiger partial charge < -0.3 is 14.8 Å². The van der Waals surface area contributed by atoms with Crippen LogP contribution in [-0.4, -0.2) is 64.7 Å². The third-order valence-corrected chi connectivity index (χ3v) is 6.41. The van der Waals surface area contributed by atoms with E-state index in [4.69, 9.17) is 9.47 Å². The van der Waals surface area contributed by atoms with Crippen LogP contribution >= 0.6 is 0 Å². The zero-order valence-electron chi connectivity index (χ0n) is 19.8. The lowest BCUT2D eigenvalue weighted by molar-refractivity contribution is -0.128. The third-order valence-electron chi connectivity index (χ3n) is 6.41. The summed E-state index contributed by atoms with van der Waals surface area (Å²) in [6, 6.07) is 6.38. The highest BCUT2D eigenvalue weighted by Crippen LogP contribution is 2.40. The van der Waals surface area contributed by atoms with Gasteiger partial charge in [0.05, 0.1) is 36.8 Å². The summed E-state index contributed by atoms with van der Waals surface area (Å²) in [6.07, 6.45) is 5.09. The fourth-order valence-corrected chi connectivity index (χ4v) is 4.67. The molecule has 1 fully saturated rings. The number of aryl methyl sites for hydroxylation is 2. The van der Waals surface area contributed by atoms with Crippen molar-refractivity contribution in [3.63, 3.8) is 0 Å². The highest BCUT2D eigenvalue weighted by atomic mass is 19.1. The van der Waals surface area contributed by atoms with Crippen LogP contribution < -0.4 is 10.1 Å². The van der Waals surface area contributed by atoms with Crippen molar-refractivity contribution in [2.24, 2.45) is 0 Å². The number of nitrogens with one attached hydrogen (secondary N) is 1. The van der Waals surface area contributed by atoms with Crippen molar-refractivity contribution < 1.29 is 18.7 Å². The van der Waals surface area contributed by atoms with Gasteiger partial charge in [-0.25, -0.2) is 9.37 Å². The molecule has 0 bridgehead atoms. The van der Waals surface area contributed by atoms with Crippen LogP contribution in [0.25, 0.3) is 11.3 Å². The van der Waals surface area contributed by atoms with Crippen LogP contribution in [-0.2, 0) is 16.0 Å². The van der Waals surface area contributed by atoms with Crippen molar-refractivity contribution in [3.05, 3.63) is 71.2 Å². The van der Waals surface area contributed by atoms with E-state index in [9.17, 15) is 9.18 Å². The van der Waals surface area contributed by atoms with Gasteiger partial charge in [-0.05, 0) is 37.6 Å². The van der Waals surface area contributed by atoms with E-state index in [0.29, 0.717) is 55.3 Å². The number of halogens is 1. The van der Waals surface area contributed by atoms with Crippen molar-refractivity contribution in [2.75, 3.05) is 32.8 Å². The molecule has 2 atom stereocenters. The zero-order chi connectivity index (χ0) is 24.4. The van der Waals surface area contributed by atoms with Gasteiger partial charge in [-0.2, -0.15) is 0 Å². The number of amides is 1. The summed E-state index contributed by atoms with van der Waals surface area (Å²) in [5, 5.41) is 3.03. The molecule has 9 heteroatoms. The van der Waals surface area contributed by atoms with Gasteiger partial charge in [-0.1, -0.05) is 6.07 Å². The Balaban J connectivity index is 1.33. The SMILES string of the molecule is Cc1cnc(C)c(-c2ccc(F)c3c2O[C@@H](CNC(=O)[C@@H](c2cccnc2)N2CCOCC2)C3)n1. The molecule has 0 radical (unpaired) electrons. The summed E-state index contributed by atoms with van der Waals surface area (Å²) in [5.74, 6) is 0.0159. The van der Waals surface area contributed by atoms with Gasteiger partial charge in [0.25, 0.3) is 0 Å². The monoisotopic (exact) mass is 477 g/mol. The summed E-state index contributed by atoms with van der Waals surface area (Å²) < 4.78 is 26.3. The molecule has 1 amide bonds. The maximum absolute atomic E-state index is 14.7. The van der Waals surface area contributed by atoms with E-state index < -0.39 is 6.04 Å². The maximum atomic E-state index is 14.7. The molecule has 5 rings (SSSR count). The first-order chi connectivity index (χ1) is 17.0. The molecule has 0 spiro atoms. The molecule has 4 heterocycles. The Morgan fingerprint density at radius 1 is 1.23 bits per heavy atom. The van der Waals surface area contributed by atoms with Crippen molar-refractivity contribution in [3.8, 4) is 17.0 Å². The number of nitrogens with zero attached hydrogens (tertiary/aromatic N) is 4. The summed E-state index contributed by atoms with van der Waals surface area (Å²) >= 11 is 0. The Kier molecular flexibility index (Phi) is 6.70. The molecule has 3 aromatic rings. The van der Waals surface area contributed by atoms with Crippen LogP contribution in [0.2, 0.25) is 0 Å². The summed E-state index contributed by atoms with van der Waals surface area (Å²) in [7, 11) is 0. The molecule has 8 nitrogen and oxygen atoms in total. The lowest BCUT2D eigenvalue weighted by atomic mass is 10.0. The molecular weight excluding hydrogens is 449 g/mol. The summed E-state index contributed by atoms with van der Waals surface area (Å²) in [4.78, 5) is 28.6. The first kappa shape index (κ1) is 23.3. The minimum atomic E-state index is -0.478. The molecule has 0 aliphatic carbocycles. The van der Waals surface area contributed by atoms with E-state index in [1.165, 1.54) is 6.07 Å². The number of fused-ring (bicyclic) bond motifs is 1. The number of aromatic nitrogens is 3. The van der Waals surface area contributed by atoms with Crippen LogP contribution in [0.5, 0.6) is 5.75 Å². The molecule has 2 aliphatic rings. The first-order valence-electron chi connectivity index (χ1n) is 11.8. The Hall–Kier alpha value is -3.43. The average Bonchev–Trinajstić information content (AvgIpc) is 3.31. The van der Waals surface area contributed by atoms with Gasteiger partial charge in [0, 0.05) is 49.2 Å². The number of benzene rings is 1. The zero-order valence-corrected chi connectivity index (χ0v) is 19.8. The van der Waals surface area contributed by atoms with Gasteiger partial charge in [-0.15, -0.1) is 0 Å². The number of carbonyl (C=O) groups is 1. The second-order valence-electron chi connectivity index (χ2n) is 8.87. The molecule has 2 aromatic heterocycles. The highest BCUT2D eigenvalue weighted by molar-refractivity contribution is 5.83. The predicted octanol–water partition coefficient (Wildman–Crippen LogP) is 2.79. The number of hydrogen-bond acceptors (Lipinski definition) is 7. The van der Waals surface area contributed by atoms with Crippen molar-refractivity contribution in [1.29, 1.82) is 0 Å². The standard InChI is InChI=1S/C26H28FN5O3/c1-16-13-29-17(2)23(31-16)20-5-6-22(27)21-12-19(35-25(20)21)15-30-26(33)24(18-4-3-7-28-14-18)32-8-10-34-11-9-32/h3-7,13-14,19,24H,8-12,15H2,1-2H3,(H,30,33)/t19-,24-/m1/s1. The normalized spacial score (nSPS) is 18.5. The Morgan fingerprint density at radius 3 is 2.83 bits per heavy atom. The lowest BCUT2D eigenvalue weighted by Crippen LogP contribution is -2.47. The molecule has 0 saturated carbocycles. The molecule has 0 unspecified atom stereocenters. The van der Waals surface area contributed by atoms with E-state index in [1.807, 2.05) is 26.0 Å². The van der Waals surface area contributed by atoms with E-state index in [-0.39, 0.29) is 24.4 Å². The fourth-order valence-electron chi connectivity index (χ4n) is 4.67. The first-order valence-corrected chi connectivity index (χ1v) is 11.8. The van der Waals surface area contributed by atoms with Gasteiger partial charge in [0.15, 0.2) is 0 Å². The fraction of sp³-hybridized carbons (Fsp3) is 0.385. The van der Waals surface area contributed by atoms with Crippen molar-refractivity contribution in [2.45, 2.75) is 32.4 Å². The Labute approximate surface area is 203 Å². The Morgan fingerprint density at radius 2 is 2.06 bits per heavy atom. The number of rotatable bonds is 6. The van der Waals surface area contributed by atoms with Gasteiger partial charge in [0.2, 0.25) is 5.91 Å². The van der Waals surface area contributed by atoms with Crippen LogP contribution in [0, 0.1) is 19.7 Å². The number of hydrogen-bond donors (Lipinski definition) is 1. The molecule has 1 aromatic carbocycles. The number of ether oxygens (including phenoxy) is 2. The quantitative estimate of drug-likeness (QED) is 0.584. The van der Waals surface area contributed by atoms with Crippen LogP contribution in [0.3, 0.4) is 0 Å². The topological polar surface area (TPSA) is 89.5 Å². The van der Waals surface area contributed by atoms with E-state index >= 15 is 0 Å². The smallest absolute Gasteiger partial charge is 0.242 e. The molecule has 2 aliphatic heterocycles. The largest absolute Gasteiger partial charge is 0.487 e. The number of pyridine rings is 1. The molecule has 1 saturated heterocycles. The van der Waals surface area contributed by atoms with Crippen LogP contribution in [0.1, 0.15) is 28.6 Å².